The molecule has 3 amide bonds. The lowest BCUT2D eigenvalue weighted by atomic mass is 10.1. The molecule has 3 rings (SSSR count). The predicted octanol–water partition coefficient (Wildman–Crippen LogP) is 3.10. The summed E-state index contributed by atoms with van der Waals surface area (Å²) >= 11 is 6.12. The minimum Gasteiger partial charge on any atom is -0.368 e. The molecular formula is C19H21ClN4O2. The van der Waals surface area contributed by atoms with E-state index in [4.69, 9.17) is 17.3 Å². The number of nitrogens with two attached hydrogens (primary N) is 1. The first-order chi connectivity index (χ1) is 12.4. The zero-order chi connectivity index (χ0) is 18.7. The summed E-state index contributed by atoms with van der Waals surface area (Å²) in [5.41, 5.74) is 8.44. The molecule has 26 heavy (non-hydrogen) atoms. The number of urea groups is 1. The highest BCUT2D eigenvalue weighted by Gasteiger charge is 2.23. The van der Waals surface area contributed by atoms with Crippen molar-refractivity contribution in [1.82, 2.24) is 4.90 Å². The molecule has 1 aliphatic rings. The Morgan fingerprint density at radius 3 is 2.50 bits per heavy atom. The summed E-state index contributed by atoms with van der Waals surface area (Å²) in [5.74, 6) is -0.0550. The molecule has 136 valence electrons. The van der Waals surface area contributed by atoms with E-state index in [1.54, 1.807) is 24.3 Å². The second-order valence-corrected chi connectivity index (χ2v) is 6.72. The van der Waals surface area contributed by atoms with E-state index < -0.39 is 6.03 Å². The Hall–Kier alpha value is -2.73. The Bertz CT molecular complexity index is 832. The van der Waals surface area contributed by atoms with Gasteiger partial charge in [0.1, 0.15) is 0 Å². The van der Waals surface area contributed by atoms with Crippen LogP contribution < -0.4 is 16.0 Å². The number of nitrogens with one attached hydrogen (secondary N) is 1. The van der Waals surface area contributed by atoms with Gasteiger partial charge in [0.25, 0.3) is 5.91 Å². The summed E-state index contributed by atoms with van der Waals surface area (Å²) in [7, 11) is 0. The Kier molecular flexibility index (Phi) is 5.32. The predicted molar refractivity (Wildman–Crippen MR) is 104 cm³/mol. The van der Waals surface area contributed by atoms with Crippen molar-refractivity contribution in [2.24, 2.45) is 5.73 Å². The van der Waals surface area contributed by atoms with Crippen molar-refractivity contribution in [3.8, 4) is 0 Å². The summed E-state index contributed by atoms with van der Waals surface area (Å²) in [4.78, 5) is 27.8. The van der Waals surface area contributed by atoms with E-state index in [1.807, 2.05) is 23.1 Å². The van der Waals surface area contributed by atoms with Crippen molar-refractivity contribution >= 4 is 34.9 Å². The highest BCUT2D eigenvalue weighted by atomic mass is 35.5. The maximum atomic E-state index is 12.7. The molecule has 3 N–H and O–H groups in total. The molecule has 2 aromatic carbocycles. The highest BCUT2D eigenvalue weighted by Crippen LogP contribution is 2.25. The van der Waals surface area contributed by atoms with Crippen molar-refractivity contribution < 1.29 is 9.59 Å². The summed E-state index contributed by atoms with van der Waals surface area (Å²) < 4.78 is 0. The van der Waals surface area contributed by atoms with Crippen molar-refractivity contribution in [2.45, 2.75) is 6.92 Å². The zero-order valence-electron chi connectivity index (χ0n) is 14.5. The highest BCUT2D eigenvalue weighted by molar-refractivity contribution is 6.30. The van der Waals surface area contributed by atoms with Crippen LogP contribution >= 0.6 is 11.6 Å². The fourth-order valence-corrected chi connectivity index (χ4v) is 3.29. The van der Waals surface area contributed by atoms with Crippen LogP contribution in [-0.4, -0.2) is 43.0 Å². The van der Waals surface area contributed by atoms with Gasteiger partial charge in [-0.05, 0) is 42.8 Å². The summed E-state index contributed by atoms with van der Waals surface area (Å²) in [6.45, 7) is 4.79. The topological polar surface area (TPSA) is 78.7 Å². The SMILES string of the molecule is Cc1ccc(Cl)cc1N1CCN(C(=O)c2cccc(NC(N)=O)c2)CC1. The van der Waals surface area contributed by atoms with Crippen molar-refractivity contribution in [3.05, 3.63) is 58.6 Å². The van der Waals surface area contributed by atoms with E-state index in [0.717, 1.165) is 18.8 Å². The molecule has 0 spiro atoms. The third kappa shape index (κ3) is 4.08. The molecule has 1 fully saturated rings. The second-order valence-electron chi connectivity index (χ2n) is 6.28. The molecule has 0 bridgehead atoms. The maximum absolute atomic E-state index is 12.7. The van der Waals surface area contributed by atoms with E-state index in [-0.39, 0.29) is 5.91 Å². The lowest BCUT2D eigenvalue weighted by Gasteiger charge is -2.37. The average molecular weight is 373 g/mol. The molecule has 0 aromatic heterocycles. The van der Waals surface area contributed by atoms with Gasteiger partial charge in [0.2, 0.25) is 0 Å². The van der Waals surface area contributed by atoms with Crippen LogP contribution in [0.15, 0.2) is 42.5 Å². The monoisotopic (exact) mass is 372 g/mol. The van der Waals surface area contributed by atoms with Gasteiger partial charge >= 0.3 is 6.03 Å². The number of amides is 3. The van der Waals surface area contributed by atoms with E-state index in [0.29, 0.717) is 29.4 Å². The molecule has 0 radical (unpaired) electrons. The number of hydrogen-bond donors (Lipinski definition) is 2. The first-order valence-electron chi connectivity index (χ1n) is 8.41. The molecule has 1 heterocycles. The number of carbonyl (C=O) groups excluding carboxylic acids is 2. The Morgan fingerprint density at radius 1 is 1.08 bits per heavy atom. The van der Waals surface area contributed by atoms with Crippen molar-refractivity contribution in [3.63, 3.8) is 0 Å². The standard InChI is InChI=1S/C19H21ClN4O2/c1-13-5-6-15(20)12-17(13)23-7-9-24(10-8-23)18(25)14-3-2-4-16(11-14)22-19(21)26/h2-6,11-12H,7-10H2,1H3,(H3,21,22,26). The van der Waals surface area contributed by atoms with Crippen LogP contribution in [0.5, 0.6) is 0 Å². The normalized spacial score (nSPS) is 14.2. The molecule has 7 heteroatoms. The zero-order valence-corrected chi connectivity index (χ0v) is 15.3. The minimum absolute atomic E-state index is 0.0550. The number of benzene rings is 2. The van der Waals surface area contributed by atoms with Gasteiger partial charge in [0.15, 0.2) is 0 Å². The number of piperazine rings is 1. The largest absolute Gasteiger partial charge is 0.368 e. The third-order valence-electron chi connectivity index (χ3n) is 4.46. The van der Waals surface area contributed by atoms with E-state index in [1.165, 1.54) is 5.56 Å². The van der Waals surface area contributed by atoms with Crippen LogP contribution in [0.2, 0.25) is 5.02 Å². The van der Waals surface area contributed by atoms with Gasteiger partial charge in [-0.1, -0.05) is 23.7 Å². The number of rotatable bonds is 3. The van der Waals surface area contributed by atoms with Crippen LogP contribution in [0.1, 0.15) is 15.9 Å². The minimum atomic E-state index is -0.653. The number of aryl methyl sites for hydroxylation is 1. The van der Waals surface area contributed by atoms with Crippen LogP contribution in [-0.2, 0) is 0 Å². The molecule has 2 aromatic rings. The van der Waals surface area contributed by atoms with Crippen LogP contribution in [0, 0.1) is 6.92 Å². The lowest BCUT2D eigenvalue weighted by molar-refractivity contribution is 0.0747. The maximum Gasteiger partial charge on any atom is 0.316 e. The van der Waals surface area contributed by atoms with Gasteiger partial charge in [-0.25, -0.2) is 4.79 Å². The van der Waals surface area contributed by atoms with Gasteiger partial charge in [-0.2, -0.15) is 0 Å². The molecule has 0 unspecified atom stereocenters. The van der Waals surface area contributed by atoms with Crippen LogP contribution in [0.4, 0.5) is 16.2 Å². The van der Waals surface area contributed by atoms with Crippen LogP contribution in [0.3, 0.4) is 0 Å². The summed E-state index contributed by atoms with van der Waals surface area (Å²) in [6, 6.07) is 12.0. The summed E-state index contributed by atoms with van der Waals surface area (Å²) in [6.07, 6.45) is 0. The fraction of sp³-hybridized carbons (Fsp3) is 0.263. The Morgan fingerprint density at radius 2 is 1.81 bits per heavy atom. The lowest BCUT2D eigenvalue weighted by Crippen LogP contribution is -2.49. The van der Waals surface area contributed by atoms with Crippen LogP contribution in [0.25, 0.3) is 0 Å². The van der Waals surface area contributed by atoms with Gasteiger partial charge < -0.3 is 20.9 Å². The first-order valence-corrected chi connectivity index (χ1v) is 8.79. The van der Waals surface area contributed by atoms with Gasteiger partial charge in [-0.15, -0.1) is 0 Å². The third-order valence-corrected chi connectivity index (χ3v) is 4.69. The second kappa shape index (κ2) is 7.66. The van der Waals surface area contributed by atoms with E-state index in [9.17, 15) is 9.59 Å². The Labute approximate surface area is 157 Å². The van der Waals surface area contributed by atoms with E-state index >= 15 is 0 Å². The van der Waals surface area contributed by atoms with Gasteiger partial charge in [0, 0.05) is 48.1 Å². The quantitative estimate of drug-likeness (QED) is 0.868. The summed E-state index contributed by atoms with van der Waals surface area (Å²) in [5, 5.41) is 3.20. The van der Waals surface area contributed by atoms with E-state index in [2.05, 4.69) is 17.1 Å². The number of anilines is 2. The molecule has 0 aliphatic carbocycles. The van der Waals surface area contributed by atoms with Crippen molar-refractivity contribution in [1.29, 1.82) is 0 Å². The number of halogens is 1. The fourth-order valence-electron chi connectivity index (χ4n) is 3.13. The smallest absolute Gasteiger partial charge is 0.316 e. The number of nitrogens with zero attached hydrogens (tertiary/aromatic N) is 2. The number of carbonyl (C=O) groups is 2. The van der Waals surface area contributed by atoms with Gasteiger partial charge in [0.05, 0.1) is 0 Å². The molecule has 1 aliphatic heterocycles. The molecule has 1 saturated heterocycles. The number of hydrogen-bond acceptors (Lipinski definition) is 3. The molecule has 0 saturated carbocycles. The number of primary amides is 1. The molecule has 0 atom stereocenters. The molecular weight excluding hydrogens is 352 g/mol. The first kappa shape index (κ1) is 18.1. The Balaban J connectivity index is 1.67. The molecule has 6 nitrogen and oxygen atoms in total. The average Bonchev–Trinajstić information content (AvgIpc) is 2.63. The van der Waals surface area contributed by atoms with Crippen molar-refractivity contribution in [2.75, 3.05) is 36.4 Å². The van der Waals surface area contributed by atoms with Gasteiger partial charge in [-0.3, -0.25) is 4.79 Å².